The summed E-state index contributed by atoms with van der Waals surface area (Å²) in [5.74, 6) is 0.235. The number of nitrogens with two attached hydrogens (primary N) is 1. The molecule has 0 heterocycles. The molecule has 0 aliphatic rings. The van der Waals surface area contributed by atoms with E-state index in [0.29, 0.717) is 11.3 Å². The largest absolute Gasteiger partial charge is 0.491 e. The van der Waals surface area contributed by atoms with Gasteiger partial charge in [-0.15, -0.1) is 0 Å². The van der Waals surface area contributed by atoms with Gasteiger partial charge >= 0.3 is 0 Å². The zero-order chi connectivity index (χ0) is 11.5. The minimum absolute atomic E-state index is 0.0779. The van der Waals surface area contributed by atoms with Crippen LogP contribution in [0, 0.1) is 24.1 Å². The average Bonchev–Trinajstić information content (AvgIpc) is 2.20. The van der Waals surface area contributed by atoms with Crippen molar-refractivity contribution in [3.63, 3.8) is 0 Å². The standard InChI is InChI=1S/C11H13FN2O/c1-8-5-9(3-4-10(8)12)15-7-11(2,14)6-13/h3-5H,7,14H2,1-2H3. The smallest absolute Gasteiger partial charge is 0.135 e. The molecule has 0 aliphatic heterocycles. The van der Waals surface area contributed by atoms with E-state index in [1.54, 1.807) is 19.9 Å². The third-order valence-corrected chi connectivity index (χ3v) is 1.92. The van der Waals surface area contributed by atoms with Crippen LogP contribution in [0.15, 0.2) is 18.2 Å². The maximum Gasteiger partial charge on any atom is 0.135 e. The summed E-state index contributed by atoms with van der Waals surface area (Å²) >= 11 is 0. The summed E-state index contributed by atoms with van der Waals surface area (Å²) in [4.78, 5) is 0. The molecule has 1 atom stereocenters. The summed E-state index contributed by atoms with van der Waals surface area (Å²) in [6, 6.07) is 6.32. The first kappa shape index (κ1) is 11.5. The number of halogens is 1. The molecule has 15 heavy (non-hydrogen) atoms. The first-order valence-electron chi connectivity index (χ1n) is 4.54. The first-order valence-corrected chi connectivity index (χ1v) is 4.54. The van der Waals surface area contributed by atoms with Crippen LogP contribution in [0.1, 0.15) is 12.5 Å². The number of nitriles is 1. The van der Waals surface area contributed by atoms with Gasteiger partial charge in [-0.25, -0.2) is 4.39 Å². The summed E-state index contributed by atoms with van der Waals surface area (Å²) < 4.78 is 18.2. The van der Waals surface area contributed by atoms with Crippen molar-refractivity contribution in [2.45, 2.75) is 19.4 Å². The predicted octanol–water partition coefficient (Wildman–Crippen LogP) is 1.75. The molecule has 0 aromatic heterocycles. The molecule has 0 aliphatic carbocycles. The highest BCUT2D eigenvalue weighted by Gasteiger charge is 2.18. The molecule has 2 N–H and O–H groups in total. The number of hydrogen-bond donors (Lipinski definition) is 1. The average molecular weight is 208 g/mol. The van der Waals surface area contributed by atoms with E-state index < -0.39 is 5.54 Å². The fourth-order valence-electron chi connectivity index (χ4n) is 0.972. The lowest BCUT2D eigenvalue weighted by molar-refractivity contribution is 0.264. The second-order valence-electron chi connectivity index (χ2n) is 3.73. The third kappa shape index (κ3) is 3.22. The number of nitrogens with zero attached hydrogens (tertiary/aromatic N) is 1. The number of aryl methyl sites for hydroxylation is 1. The normalized spacial score (nSPS) is 14.1. The summed E-state index contributed by atoms with van der Waals surface area (Å²) in [5.41, 5.74) is 5.05. The lowest BCUT2D eigenvalue weighted by Crippen LogP contribution is -2.40. The van der Waals surface area contributed by atoms with E-state index in [1.807, 2.05) is 6.07 Å². The third-order valence-electron chi connectivity index (χ3n) is 1.92. The molecule has 0 radical (unpaired) electrons. The Balaban J connectivity index is 2.67. The van der Waals surface area contributed by atoms with Gasteiger partial charge in [-0.05, 0) is 37.6 Å². The van der Waals surface area contributed by atoms with Gasteiger partial charge in [0.25, 0.3) is 0 Å². The Morgan fingerprint density at radius 3 is 2.80 bits per heavy atom. The van der Waals surface area contributed by atoms with Crippen LogP contribution >= 0.6 is 0 Å². The van der Waals surface area contributed by atoms with Crippen molar-refractivity contribution in [1.82, 2.24) is 0 Å². The molecule has 0 spiro atoms. The van der Waals surface area contributed by atoms with Crippen molar-refractivity contribution in [1.29, 1.82) is 5.26 Å². The lowest BCUT2D eigenvalue weighted by atomic mass is 10.1. The summed E-state index contributed by atoms with van der Waals surface area (Å²) in [6.07, 6.45) is 0. The molecular weight excluding hydrogens is 195 g/mol. The van der Waals surface area contributed by atoms with E-state index in [-0.39, 0.29) is 12.4 Å². The minimum Gasteiger partial charge on any atom is -0.491 e. The monoisotopic (exact) mass is 208 g/mol. The van der Waals surface area contributed by atoms with E-state index in [2.05, 4.69) is 0 Å². The lowest BCUT2D eigenvalue weighted by Gasteiger charge is -2.16. The van der Waals surface area contributed by atoms with Gasteiger partial charge in [0.05, 0.1) is 6.07 Å². The zero-order valence-electron chi connectivity index (χ0n) is 8.75. The van der Waals surface area contributed by atoms with Gasteiger partial charge in [0.1, 0.15) is 23.7 Å². The van der Waals surface area contributed by atoms with Gasteiger partial charge in [-0.3, -0.25) is 0 Å². The Kier molecular flexibility index (Phi) is 3.28. The summed E-state index contributed by atoms with van der Waals surface area (Å²) in [7, 11) is 0. The van der Waals surface area contributed by atoms with Gasteiger partial charge in [0, 0.05) is 0 Å². The molecule has 1 unspecified atom stereocenters. The van der Waals surface area contributed by atoms with E-state index in [0.717, 1.165) is 0 Å². The van der Waals surface area contributed by atoms with Crippen molar-refractivity contribution in [3.8, 4) is 11.8 Å². The quantitative estimate of drug-likeness (QED) is 0.823. The zero-order valence-corrected chi connectivity index (χ0v) is 8.75. The van der Waals surface area contributed by atoms with Crippen molar-refractivity contribution < 1.29 is 9.13 Å². The maximum absolute atomic E-state index is 12.9. The van der Waals surface area contributed by atoms with E-state index >= 15 is 0 Å². The Morgan fingerprint density at radius 1 is 1.60 bits per heavy atom. The van der Waals surface area contributed by atoms with Gasteiger partial charge in [-0.2, -0.15) is 5.26 Å². The Hall–Kier alpha value is -1.60. The van der Waals surface area contributed by atoms with Crippen LogP contribution in [-0.4, -0.2) is 12.1 Å². The Morgan fingerprint density at radius 2 is 2.27 bits per heavy atom. The fraction of sp³-hybridized carbons (Fsp3) is 0.364. The number of benzene rings is 1. The molecule has 1 rings (SSSR count). The molecule has 0 bridgehead atoms. The number of rotatable bonds is 3. The Bertz CT molecular complexity index is 396. The van der Waals surface area contributed by atoms with Crippen molar-refractivity contribution >= 4 is 0 Å². The van der Waals surface area contributed by atoms with Crippen LogP contribution in [-0.2, 0) is 0 Å². The van der Waals surface area contributed by atoms with Gasteiger partial charge in [0.15, 0.2) is 0 Å². The highest BCUT2D eigenvalue weighted by Crippen LogP contribution is 2.16. The van der Waals surface area contributed by atoms with Crippen LogP contribution < -0.4 is 10.5 Å². The highest BCUT2D eigenvalue weighted by molar-refractivity contribution is 5.29. The summed E-state index contributed by atoms with van der Waals surface area (Å²) in [5, 5.41) is 8.66. The van der Waals surface area contributed by atoms with E-state index in [1.165, 1.54) is 12.1 Å². The number of ether oxygens (including phenoxy) is 1. The molecule has 0 fully saturated rings. The SMILES string of the molecule is Cc1cc(OCC(C)(N)C#N)ccc1F. The molecular formula is C11H13FN2O. The van der Waals surface area contributed by atoms with E-state index in [4.69, 9.17) is 15.7 Å². The second-order valence-corrected chi connectivity index (χ2v) is 3.73. The number of hydrogen-bond acceptors (Lipinski definition) is 3. The highest BCUT2D eigenvalue weighted by atomic mass is 19.1. The molecule has 1 aromatic carbocycles. The molecule has 0 saturated carbocycles. The molecule has 4 heteroatoms. The van der Waals surface area contributed by atoms with Crippen LogP contribution in [0.25, 0.3) is 0 Å². The molecule has 3 nitrogen and oxygen atoms in total. The van der Waals surface area contributed by atoms with Gasteiger partial charge < -0.3 is 10.5 Å². The molecule has 1 aromatic rings. The van der Waals surface area contributed by atoms with Crippen molar-refractivity contribution in [3.05, 3.63) is 29.6 Å². The summed E-state index contributed by atoms with van der Waals surface area (Å²) in [6.45, 7) is 3.30. The fourth-order valence-corrected chi connectivity index (χ4v) is 0.972. The van der Waals surface area contributed by atoms with E-state index in [9.17, 15) is 4.39 Å². The minimum atomic E-state index is -1.03. The second kappa shape index (κ2) is 4.28. The predicted molar refractivity (Wildman–Crippen MR) is 54.8 cm³/mol. The maximum atomic E-state index is 12.9. The van der Waals surface area contributed by atoms with Crippen molar-refractivity contribution in [2.75, 3.05) is 6.61 Å². The van der Waals surface area contributed by atoms with Crippen LogP contribution in [0.3, 0.4) is 0 Å². The molecule has 0 saturated heterocycles. The van der Waals surface area contributed by atoms with Crippen LogP contribution in [0.2, 0.25) is 0 Å². The topological polar surface area (TPSA) is 59.0 Å². The first-order chi connectivity index (χ1) is 6.94. The van der Waals surface area contributed by atoms with Gasteiger partial charge in [-0.1, -0.05) is 0 Å². The molecule has 0 amide bonds. The van der Waals surface area contributed by atoms with Crippen molar-refractivity contribution in [2.24, 2.45) is 5.73 Å². The Labute approximate surface area is 88.3 Å². The molecule has 80 valence electrons. The van der Waals surface area contributed by atoms with Crippen LogP contribution in [0.5, 0.6) is 5.75 Å². The van der Waals surface area contributed by atoms with Gasteiger partial charge in [0.2, 0.25) is 0 Å². The van der Waals surface area contributed by atoms with Crippen LogP contribution in [0.4, 0.5) is 4.39 Å².